The number of carbonyl (C=O) groups excluding carboxylic acids is 1. The molecule has 1 aromatic heterocycles. The Morgan fingerprint density at radius 3 is 2.52 bits per heavy atom. The Morgan fingerprint density at radius 1 is 1.11 bits per heavy atom. The maximum absolute atomic E-state index is 12.8. The normalized spacial score (nSPS) is 19.6. The molecule has 1 saturated heterocycles. The van der Waals surface area contributed by atoms with Crippen LogP contribution in [0.5, 0.6) is 0 Å². The van der Waals surface area contributed by atoms with E-state index in [1.54, 1.807) is 4.68 Å². The fraction of sp³-hybridized carbons (Fsp3) is 0.286. The first-order valence-corrected chi connectivity index (χ1v) is 9.34. The van der Waals surface area contributed by atoms with Gasteiger partial charge in [-0.3, -0.25) is 4.79 Å². The number of para-hydroxylation sites is 1. The van der Waals surface area contributed by atoms with Crippen molar-refractivity contribution < 1.29 is 4.79 Å². The van der Waals surface area contributed by atoms with Crippen molar-refractivity contribution >= 4 is 5.91 Å². The van der Waals surface area contributed by atoms with Crippen molar-refractivity contribution in [3.05, 3.63) is 66.5 Å². The van der Waals surface area contributed by atoms with Crippen LogP contribution in [-0.2, 0) is 0 Å². The van der Waals surface area contributed by atoms with Crippen molar-refractivity contribution in [2.75, 3.05) is 6.54 Å². The Kier molecular flexibility index (Phi) is 4.98. The molecule has 27 heavy (non-hydrogen) atoms. The summed E-state index contributed by atoms with van der Waals surface area (Å²) in [7, 11) is 0. The zero-order valence-electron chi connectivity index (χ0n) is 15.3. The van der Waals surface area contributed by atoms with Gasteiger partial charge in [0, 0.05) is 17.6 Å². The minimum absolute atomic E-state index is 0.0927. The number of aromatic nitrogens is 3. The number of hydrogen-bond acceptors (Lipinski definition) is 4. The molecule has 1 aliphatic heterocycles. The lowest BCUT2D eigenvalue weighted by molar-refractivity contribution is 0.0909. The quantitative estimate of drug-likeness (QED) is 0.750. The second-order valence-electron chi connectivity index (χ2n) is 6.84. The summed E-state index contributed by atoms with van der Waals surface area (Å²) in [4.78, 5) is 17.4. The zero-order valence-corrected chi connectivity index (χ0v) is 15.3. The molecule has 0 spiro atoms. The third kappa shape index (κ3) is 3.75. The van der Waals surface area contributed by atoms with Crippen LogP contribution >= 0.6 is 0 Å². The van der Waals surface area contributed by atoms with Gasteiger partial charge in [0.05, 0.1) is 5.69 Å². The highest BCUT2D eigenvalue weighted by Gasteiger charge is 2.25. The predicted octanol–water partition coefficient (Wildman–Crippen LogP) is 2.80. The zero-order chi connectivity index (χ0) is 18.6. The Morgan fingerprint density at radius 2 is 1.81 bits per heavy atom. The molecule has 4 rings (SSSR count). The lowest BCUT2D eigenvalue weighted by Crippen LogP contribution is -2.52. The van der Waals surface area contributed by atoms with E-state index in [2.05, 4.69) is 27.6 Å². The lowest BCUT2D eigenvalue weighted by atomic mass is 10.00. The van der Waals surface area contributed by atoms with Crippen LogP contribution in [0, 0.1) is 0 Å². The molecule has 2 N–H and O–H groups in total. The molecule has 0 aliphatic carbocycles. The molecule has 138 valence electrons. The topological polar surface area (TPSA) is 71.8 Å². The first-order valence-electron chi connectivity index (χ1n) is 9.34. The Bertz CT molecular complexity index is 850. The van der Waals surface area contributed by atoms with Gasteiger partial charge in [-0.15, -0.1) is 5.10 Å². The van der Waals surface area contributed by atoms with Gasteiger partial charge in [0.15, 0.2) is 5.82 Å². The van der Waals surface area contributed by atoms with Crippen molar-refractivity contribution in [2.24, 2.45) is 0 Å². The van der Waals surface area contributed by atoms with Crippen LogP contribution in [0.2, 0.25) is 0 Å². The van der Waals surface area contributed by atoms with Crippen LogP contribution in [0.3, 0.4) is 0 Å². The summed E-state index contributed by atoms with van der Waals surface area (Å²) in [6, 6.07) is 19.9. The number of amides is 1. The number of hydrogen-bond donors (Lipinski definition) is 2. The lowest BCUT2D eigenvalue weighted by Gasteiger charge is -2.30. The number of nitrogens with one attached hydrogen (secondary N) is 2. The van der Waals surface area contributed by atoms with Crippen LogP contribution in [0.25, 0.3) is 17.1 Å². The molecule has 1 fully saturated rings. The van der Waals surface area contributed by atoms with Crippen LogP contribution < -0.4 is 10.6 Å². The smallest absolute Gasteiger partial charge is 0.291 e. The van der Waals surface area contributed by atoms with Crippen LogP contribution in [0.4, 0.5) is 0 Å². The van der Waals surface area contributed by atoms with Gasteiger partial charge in [0.2, 0.25) is 5.82 Å². The number of nitrogens with zero attached hydrogens (tertiary/aromatic N) is 3. The fourth-order valence-electron chi connectivity index (χ4n) is 3.41. The molecule has 0 bridgehead atoms. The number of rotatable bonds is 4. The minimum atomic E-state index is -0.234. The van der Waals surface area contributed by atoms with Crippen molar-refractivity contribution in [1.29, 1.82) is 0 Å². The molecule has 2 unspecified atom stereocenters. The van der Waals surface area contributed by atoms with Crippen molar-refractivity contribution in [3.8, 4) is 17.1 Å². The van der Waals surface area contributed by atoms with Gasteiger partial charge in [0.1, 0.15) is 0 Å². The van der Waals surface area contributed by atoms with E-state index in [1.807, 2.05) is 60.7 Å². The fourth-order valence-corrected chi connectivity index (χ4v) is 3.41. The van der Waals surface area contributed by atoms with Gasteiger partial charge in [-0.2, -0.15) is 0 Å². The van der Waals surface area contributed by atoms with Crippen LogP contribution in [0.15, 0.2) is 60.7 Å². The molecule has 2 atom stereocenters. The number of piperidine rings is 1. The largest absolute Gasteiger partial charge is 0.345 e. The molecule has 6 nitrogen and oxygen atoms in total. The van der Waals surface area contributed by atoms with Gasteiger partial charge in [-0.25, -0.2) is 9.67 Å². The highest BCUT2D eigenvalue weighted by atomic mass is 16.2. The Labute approximate surface area is 158 Å². The molecule has 1 amide bonds. The standard InChI is InChI=1S/C21H23N5O/c1-15-18(13-8-14-22-15)23-21(27)19-24-20(16-9-4-2-5-10-16)26(25-19)17-11-6-3-7-12-17/h2-7,9-12,15,18,22H,8,13-14H2,1H3,(H,23,27). The monoisotopic (exact) mass is 361 g/mol. The SMILES string of the molecule is CC1NCCCC1NC(=O)c1nc(-c2ccccc2)n(-c2ccccc2)n1. The summed E-state index contributed by atoms with van der Waals surface area (Å²) in [5, 5.41) is 11.0. The van der Waals surface area contributed by atoms with E-state index in [4.69, 9.17) is 0 Å². The van der Waals surface area contributed by atoms with Gasteiger partial charge in [-0.05, 0) is 38.4 Å². The maximum atomic E-state index is 12.8. The van der Waals surface area contributed by atoms with E-state index >= 15 is 0 Å². The molecule has 3 aromatic rings. The summed E-state index contributed by atoms with van der Waals surface area (Å²) >= 11 is 0. The highest BCUT2D eigenvalue weighted by Crippen LogP contribution is 2.21. The van der Waals surface area contributed by atoms with E-state index in [1.165, 1.54) is 0 Å². The van der Waals surface area contributed by atoms with Crippen molar-refractivity contribution in [3.63, 3.8) is 0 Å². The van der Waals surface area contributed by atoms with E-state index in [0.29, 0.717) is 5.82 Å². The van der Waals surface area contributed by atoms with Gasteiger partial charge in [-0.1, -0.05) is 48.5 Å². The van der Waals surface area contributed by atoms with Crippen molar-refractivity contribution in [2.45, 2.75) is 31.8 Å². The molecular formula is C21H23N5O. The molecule has 0 saturated carbocycles. The molecule has 2 aromatic carbocycles. The summed E-state index contributed by atoms with van der Waals surface area (Å²) in [6.07, 6.45) is 2.02. The van der Waals surface area contributed by atoms with E-state index < -0.39 is 0 Å². The average molecular weight is 361 g/mol. The molecule has 1 aliphatic rings. The third-order valence-corrected chi connectivity index (χ3v) is 4.92. The first-order chi connectivity index (χ1) is 13.2. The van der Waals surface area contributed by atoms with Crippen molar-refractivity contribution in [1.82, 2.24) is 25.4 Å². The Balaban J connectivity index is 1.68. The van der Waals surface area contributed by atoms with E-state index in [9.17, 15) is 4.79 Å². The van der Waals surface area contributed by atoms with Gasteiger partial charge >= 0.3 is 0 Å². The average Bonchev–Trinajstić information content (AvgIpc) is 3.17. The number of carbonyl (C=O) groups is 1. The third-order valence-electron chi connectivity index (χ3n) is 4.92. The summed E-state index contributed by atoms with van der Waals surface area (Å²) in [5.74, 6) is 0.611. The molecule has 2 heterocycles. The highest BCUT2D eigenvalue weighted by molar-refractivity contribution is 5.91. The van der Waals surface area contributed by atoms with Gasteiger partial charge in [0.25, 0.3) is 5.91 Å². The number of benzene rings is 2. The maximum Gasteiger partial charge on any atom is 0.291 e. The second kappa shape index (κ2) is 7.72. The first kappa shape index (κ1) is 17.4. The summed E-state index contributed by atoms with van der Waals surface area (Å²) < 4.78 is 1.73. The van der Waals surface area contributed by atoms with E-state index in [-0.39, 0.29) is 23.8 Å². The molecule has 6 heteroatoms. The van der Waals surface area contributed by atoms with Crippen LogP contribution in [-0.4, -0.2) is 39.3 Å². The van der Waals surface area contributed by atoms with Crippen LogP contribution in [0.1, 0.15) is 30.4 Å². The molecule has 0 radical (unpaired) electrons. The van der Waals surface area contributed by atoms with Gasteiger partial charge < -0.3 is 10.6 Å². The summed E-state index contributed by atoms with van der Waals surface area (Å²) in [6.45, 7) is 3.09. The second-order valence-corrected chi connectivity index (χ2v) is 6.84. The Hall–Kier alpha value is -2.99. The summed E-state index contributed by atoms with van der Waals surface area (Å²) in [5.41, 5.74) is 1.79. The molecular weight excluding hydrogens is 338 g/mol. The predicted molar refractivity (Wildman–Crippen MR) is 105 cm³/mol. The minimum Gasteiger partial charge on any atom is -0.345 e. The van der Waals surface area contributed by atoms with E-state index in [0.717, 1.165) is 30.6 Å².